The SMILES string of the molecule is CCCS(=O)(=O)Nc1cccc(C(=O)NC(CC)c2ccc(Br)cc2)c1. The van der Waals surface area contributed by atoms with Crippen LogP contribution in [0.15, 0.2) is 53.0 Å². The third-order valence-electron chi connectivity index (χ3n) is 3.86. The highest BCUT2D eigenvalue weighted by atomic mass is 79.9. The van der Waals surface area contributed by atoms with E-state index in [1.807, 2.05) is 31.2 Å². The molecule has 1 unspecified atom stereocenters. The Bertz CT molecular complexity index is 851. The summed E-state index contributed by atoms with van der Waals surface area (Å²) in [6.45, 7) is 3.80. The average molecular weight is 439 g/mol. The number of carbonyl (C=O) groups is 1. The lowest BCUT2D eigenvalue weighted by atomic mass is 10.0. The smallest absolute Gasteiger partial charge is 0.251 e. The van der Waals surface area contributed by atoms with Crippen molar-refractivity contribution in [3.8, 4) is 0 Å². The third kappa shape index (κ3) is 5.85. The molecule has 0 aliphatic rings. The minimum atomic E-state index is -3.39. The first-order valence-corrected chi connectivity index (χ1v) is 11.0. The van der Waals surface area contributed by atoms with Gasteiger partial charge in [-0.15, -0.1) is 0 Å². The molecule has 2 aromatic rings. The van der Waals surface area contributed by atoms with Crippen molar-refractivity contribution in [1.82, 2.24) is 5.32 Å². The summed E-state index contributed by atoms with van der Waals surface area (Å²) in [6, 6.07) is 14.2. The number of halogens is 1. The number of rotatable bonds is 8. The largest absolute Gasteiger partial charge is 0.345 e. The highest BCUT2D eigenvalue weighted by Crippen LogP contribution is 2.21. The second kappa shape index (κ2) is 9.19. The molecule has 0 spiro atoms. The molecule has 0 saturated heterocycles. The Kier molecular flexibility index (Phi) is 7.23. The van der Waals surface area contributed by atoms with Gasteiger partial charge >= 0.3 is 0 Å². The topological polar surface area (TPSA) is 75.3 Å². The van der Waals surface area contributed by atoms with Crippen LogP contribution in [-0.2, 0) is 10.0 Å². The second-order valence-electron chi connectivity index (χ2n) is 5.99. The molecule has 0 fully saturated rings. The quantitative estimate of drug-likeness (QED) is 0.637. The maximum atomic E-state index is 12.6. The highest BCUT2D eigenvalue weighted by Gasteiger charge is 2.15. The molecule has 0 aliphatic heterocycles. The van der Waals surface area contributed by atoms with Gasteiger partial charge in [0.05, 0.1) is 11.8 Å². The molecule has 26 heavy (non-hydrogen) atoms. The van der Waals surface area contributed by atoms with Crippen molar-refractivity contribution >= 4 is 37.5 Å². The zero-order valence-corrected chi connectivity index (χ0v) is 17.2. The van der Waals surface area contributed by atoms with E-state index < -0.39 is 10.0 Å². The number of nitrogens with one attached hydrogen (secondary N) is 2. The van der Waals surface area contributed by atoms with Crippen molar-refractivity contribution in [3.63, 3.8) is 0 Å². The number of sulfonamides is 1. The minimum Gasteiger partial charge on any atom is -0.345 e. The van der Waals surface area contributed by atoms with Crippen LogP contribution in [0.3, 0.4) is 0 Å². The summed E-state index contributed by atoms with van der Waals surface area (Å²) in [6.07, 6.45) is 1.27. The van der Waals surface area contributed by atoms with E-state index in [-0.39, 0.29) is 17.7 Å². The lowest BCUT2D eigenvalue weighted by molar-refractivity contribution is 0.0935. The molecule has 1 atom stereocenters. The highest BCUT2D eigenvalue weighted by molar-refractivity contribution is 9.10. The Morgan fingerprint density at radius 3 is 2.42 bits per heavy atom. The van der Waals surface area contributed by atoms with Crippen LogP contribution in [-0.4, -0.2) is 20.1 Å². The van der Waals surface area contributed by atoms with Gasteiger partial charge in [-0.3, -0.25) is 9.52 Å². The van der Waals surface area contributed by atoms with E-state index >= 15 is 0 Å². The molecule has 0 heterocycles. The van der Waals surface area contributed by atoms with E-state index in [4.69, 9.17) is 0 Å². The number of amides is 1. The molecule has 140 valence electrons. The molecular formula is C19H23BrN2O3S. The number of hydrogen-bond donors (Lipinski definition) is 2. The number of benzene rings is 2. The third-order valence-corrected chi connectivity index (χ3v) is 5.88. The van der Waals surface area contributed by atoms with Gasteiger partial charge in [0.2, 0.25) is 10.0 Å². The van der Waals surface area contributed by atoms with E-state index in [2.05, 4.69) is 26.0 Å². The van der Waals surface area contributed by atoms with Crippen molar-refractivity contribution < 1.29 is 13.2 Å². The Morgan fingerprint density at radius 2 is 1.81 bits per heavy atom. The fourth-order valence-electron chi connectivity index (χ4n) is 2.58. The maximum absolute atomic E-state index is 12.6. The standard InChI is InChI=1S/C19H23BrN2O3S/c1-3-12-26(24,25)22-17-7-5-6-15(13-17)19(23)21-18(4-2)14-8-10-16(20)11-9-14/h5-11,13,18,22H,3-4,12H2,1-2H3,(H,21,23). The van der Waals surface area contributed by atoms with Crippen molar-refractivity contribution in [1.29, 1.82) is 0 Å². The Labute approximate surface area is 163 Å². The molecule has 1 amide bonds. The first kappa shape index (κ1) is 20.5. The molecule has 0 saturated carbocycles. The van der Waals surface area contributed by atoms with Gasteiger partial charge in [0.1, 0.15) is 0 Å². The monoisotopic (exact) mass is 438 g/mol. The summed E-state index contributed by atoms with van der Waals surface area (Å²) in [5, 5.41) is 3.00. The molecule has 2 aromatic carbocycles. The van der Waals surface area contributed by atoms with Gasteiger partial charge < -0.3 is 5.32 Å². The van der Waals surface area contributed by atoms with E-state index in [1.165, 1.54) is 0 Å². The zero-order chi connectivity index (χ0) is 19.2. The van der Waals surface area contributed by atoms with Crippen LogP contribution in [0.25, 0.3) is 0 Å². The summed E-state index contributed by atoms with van der Waals surface area (Å²) in [7, 11) is -3.39. The van der Waals surface area contributed by atoms with Crippen LogP contribution >= 0.6 is 15.9 Å². The fraction of sp³-hybridized carbons (Fsp3) is 0.316. The summed E-state index contributed by atoms with van der Waals surface area (Å²) >= 11 is 3.40. The zero-order valence-electron chi connectivity index (χ0n) is 14.8. The van der Waals surface area contributed by atoms with Crippen molar-refractivity contribution in [2.45, 2.75) is 32.7 Å². The fourth-order valence-corrected chi connectivity index (χ4v) is 3.97. The predicted molar refractivity (Wildman–Crippen MR) is 109 cm³/mol. The van der Waals surface area contributed by atoms with Gasteiger partial charge in [0.25, 0.3) is 5.91 Å². The minimum absolute atomic E-state index is 0.0465. The molecule has 0 radical (unpaired) electrons. The first-order chi connectivity index (χ1) is 12.3. The van der Waals surface area contributed by atoms with Crippen LogP contribution in [0.5, 0.6) is 0 Å². The maximum Gasteiger partial charge on any atom is 0.251 e. The Hall–Kier alpha value is -1.86. The molecule has 0 aromatic heterocycles. The van der Waals surface area contributed by atoms with Gasteiger partial charge in [0, 0.05) is 15.7 Å². The molecule has 2 N–H and O–H groups in total. The van der Waals surface area contributed by atoms with Gasteiger partial charge in [-0.05, 0) is 48.7 Å². The average Bonchev–Trinajstić information content (AvgIpc) is 2.60. The van der Waals surface area contributed by atoms with Gasteiger partial charge in [-0.25, -0.2) is 8.42 Å². The van der Waals surface area contributed by atoms with E-state index in [9.17, 15) is 13.2 Å². The molecular weight excluding hydrogens is 416 g/mol. The van der Waals surface area contributed by atoms with Crippen LogP contribution in [0.2, 0.25) is 0 Å². The van der Waals surface area contributed by atoms with Gasteiger partial charge in [-0.1, -0.05) is 48.0 Å². The summed E-state index contributed by atoms with van der Waals surface area (Å²) in [5.41, 5.74) is 1.82. The number of carbonyl (C=O) groups excluding carboxylic acids is 1. The van der Waals surface area contributed by atoms with Gasteiger partial charge in [-0.2, -0.15) is 0 Å². The van der Waals surface area contributed by atoms with E-state index in [0.29, 0.717) is 17.7 Å². The lowest BCUT2D eigenvalue weighted by Crippen LogP contribution is -2.28. The molecule has 0 bridgehead atoms. The van der Waals surface area contributed by atoms with E-state index in [0.717, 1.165) is 16.5 Å². The van der Waals surface area contributed by atoms with Crippen molar-refractivity contribution in [3.05, 3.63) is 64.1 Å². The normalized spacial score (nSPS) is 12.4. The molecule has 7 heteroatoms. The first-order valence-electron chi connectivity index (χ1n) is 8.51. The summed E-state index contributed by atoms with van der Waals surface area (Å²) in [4.78, 5) is 12.6. The summed E-state index contributed by atoms with van der Waals surface area (Å²) in [5.74, 6) is -0.193. The van der Waals surface area contributed by atoms with Crippen molar-refractivity contribution in [2.75, 3.05) is 10.5 Å². The van der Waals surface area contributed by atoms with Gasteiger partial charge in [0.15, 0.2) is 0 Å². The molecule has 2 rings (SSSR count). The molecule has 5 nitrogen and oxygen atoms in total. The Balaban J connectivity index is 2.13. The predicted octanol–water partition coefficient (Wildman–Crippen LogP) is 4.48. The van der Waals surface area contributed by atoms with Crippen LogP contribution in [0.1, 0.15) is 48.7 Å². The van der Waals surface area contributed by atoms with Crippen LogP contribution in [0, 0.1) is 0 Å². The van der Waals surface area contributed by atoms with Crippen molar-refractivity contribution in [2.24, 2.45) is 0 Å². The lowest BCUT2D eigenvalue weighted by Gasteiger charge is -2.18. The molecule has 0 aliphatic carbocycles. The van der Waals surface area contributed by atoms with Crippen LogP contribution < -0.4 is 10.0 Å². The second-order valence-corrected chi connectivity index (χ2v) is 8.75. The summed E-state index contributed by atoms with van der Waals surface area (Å²) < 4.78 is 27.3. The Morgan fingerprint density at radius 1 is 1.12 bits per heavy atom. The van der Waals surface area contributed by atoms with Crippen LogP contribution in [0.4, 0.5) is 5.69 Å². The van der Waals surface area contributed by atoms with E-state index in [1.54, 1.807) is 31.2 Å². The number of hydrogen-bond acceptors (Lipinski definition) is 3. The number of anilines is 1.